The number of nitrogens with two attached hydrogens (primary N) is 2. The SMILES string of the molecule is I.NC(N)=NCC1(c2ccc(F)cc2)CC1. The Morgan fingerprint density at radius 2 is 1.81 bits per heavy atom. The molecule has 1 fully saturated rings. The van der Waals surface area contributed by atoms with Crippen molar-refractivity contribution in [3.63, 3.8) is 0 Å². The van der Waals surface area contributed by atoms with E-state index in [9.17, 15) is 4.39 Å². The van der Waals surface area contributed by atoms with E-state index in [4.69, 9.17) is 11.5 Å². The summed E-state index contributed by atoms with van der Waals surface area (Å²) in [6.45, 7) is 0.598. The van der Waals surface area contributed by atoms with E-state index < -0.39 is 0 Å². The molecule has 1 aromatic carbocycles. The standard InChI is InChI=1S/C11H14FN3.HI/c12-9-3-1-8(2-4-9)11(5-6-11)7-15-10(13)14;/h1-4H,5-7H2,(H4,13,14,15);1H. The minimum atomic E-state index is -0.212. The first-order valence-electron chi connectivity index (χ1n) is 4.94. The Bertz CT molecular complexity index is 381. The molecule has 88 valence electrons. The van der Waals surface area contributed by atoms with Gasteiger partial charge in [0.05, 0.1) is 6.54 Å². The highest BCUT2D eigenvalue weighted by Gasteiger charge is 2.43. The maximum absolute atomic E-state index is 12.7. The van der Waals surface area contributed by atoms with Crippen molar-refractivity contribution in [1.82, 2.24) is 0 Å². The lowest BCUT2D eigenvalue weighted by atomic mass is 9.96. The fourth-order valence-electron chi connectivity index (χ4n) is 1.74. The van der Waals surface area contributed by atoms with Crippen LogP contribution in [0.5, 0.6) is 0 Å². The van der Waals surface area contributed by atoms with Gasteiger partial charge < -0.3 is 11.5 Å². The Morgan fingerprint density at radius 1 is 1.25 bits per heavy atom. The van der Waals surface area contributed by atoms with Crippen LogP contribution in [0.2, 0.25) is 0 Å². The molecule has 0 bridgehead atoms. The quantitative estimate of drug-likeness (QED) is 0.502. The van der Waals surface area contributed by atoms with Gasteiger partial charge in [-0.15, -0.1) is 24.0 Å². The molecule has 0 atom stereocenters. The lowest BCUT2D eigenvalue weighted by Crippen LogP contribution is -2.25. The van der Waals surface area contributed by atoms with Gasteiger partial charge in [-0.25, -0.2) is 4.39 Å². The smallest absolute Gasteiger partial charge is 0.185 e. The second kappa shape index (κ2) is 4.99. The van der Waals surface area contributed by atoms with E-state index in [0.717, 1.165) is 18.4 Å². The summed E-state index contributed by atoms with van der Waals surface area (Å²) in [5, 5.41) is 0. The first-order chi connectivity index (χ1) is 7.12. The van der Waals surface area contributed by atoms with Gasteiger partial charge in [0.1, 0.15) is 5.82 Å². The summed E-state index contributed by atoms with van der Waals surface area (Å²) >= 11 is 0. The maximum atomic E-state index is 12.7. The fourth-order valence-corrected chi connectivity index (χ4v) is 1.74. The summed E-state index contributed by atoms with van der Waals surface area (Å²) in [4.78, 5) is 4.04. The first-order valence-corrected chi connectivity index (χ1v) is 4.94. The predicted octanol–water partition coefficient (Wildman–Crippen LogP) is 1.75. The van der Waals surface area contributed by atoms with Crippen molar-refractivity contribution in [2.24, 2.45) is 16.5 Å². The van der Waals surface area contributed by atoms with Gasteiger partial charge in [-0.2, -0.15) is 0 Å². The van der Waals surface area contributed by atoms with E-state index in [1.165, 1.54) is 12.1 Å². The fraction of sp³-hybridized carbons (Fsp3) is 0.364. The zero-order valence-corrected chi connectivity index (χ0v) is 11.1. The average molecular weight is 335 g/mol. The first kappa shape index (κ1) is 13.2. The van der Waals surface area contributed by atoms with Crippen molar-refractivity contribution in [2.45, 2.75) is 18.3 Å². The third-order valence-corrected chi connectivity index (χ3v) is 2.87. The van der Waals surface area contributed by atoms with Gasteiger partial charge in [-0.3, -0.25) is 4.99 Å². The maximum Gasteiger partial charge on any atom is 0.185 e. The van der Waals surface area contributed by atoms with Gasteiger partial charge in [0, 0.05) is 5.41 Å². The molecule has 3 nitrogen and oxygen atoms in total. The van der Waals surface area contributed by atoms with Gasteiger partial charge in [0.15, 0.2) is 5.96 Å². The van der Waals surface area contributed by atoms with Crippen LogP contribution in [0.15, 0.2) is 29.3 Å². The molecule has 1 aromatic rings. The molecule has 16 heavy (non-hydrogen) atoms. The number of rotatable bonds is 3. The second-order valence-electron chi connectivity index (χ2n) is 4.03. The topological polar surface area (TPSA) is 64.4 Å². The summed E-state index contributed by atoms with van der Waals surface area (Å²) in [5.74, 6) is -0.0974. The number of nitrogens with zero attached hydrogens (tertiary/aromatic N) is 1. The molecule has 0 saturated heterocycles. The number of benzene rings is 1. The Morgan fingerprint density at radius 3 is 2.25 bits per heavy atom. The van der Waals surface area contributed by atoms with Gasteiger partial charge in [0.25, 0.3) is 0 Å². The third-order valence-electron chi connectivity index (χ3n) is 2.87. The highest BCUT2D eigenvalue weighted by Crippen LogP contribution is 2.48. The monoisotopic (exact) mass is 335 g/mol. The zero-order valence-electron chi connectivity index (χ0n) is 8.82. The zero-order chi connectivity index (χ0) is 10.9. The summed E-state index contributed by atoms with van der Waals surface area (Å²) in [6.07, 6.45) is 2.13. The largest absolute Gasteiger partial charge is 0.370 e. The van der Waals surface area contributed by atoms with Crippen LogP contribution in [-0.4, -0.2) is 12.5 Å². The van der Waals surface area contributed by atoms with Crippen molar-refractivity contribution in [3.05, 3.63) is 35.6 Å². The minimum absolute atomic E-state index is 0. The Labute approximate surface area is 111 Å². The molecule has 0 aliphatic heterocycles. The highest BCUT2D eigenvalue weighted by molar-refractivity contribution is 14.0. The minimum Gasteiger partial charge on any atom is -0.370 e. The molecule has 0 spiro atoms. The molecule has 0 radical (unpaired) electrons. The molecule has 1 aliphatic rings. The molecule has 1 aliphatic carbocycles. The summed E-state index contributed by atoms with van der Waals surface area (Å²) in [7, 11) is 0. The molecule has 0 unspecified atom stereocenters. The van der Waals surface area contributed by atoms with E-state index in [0.29, 0.717) is 6.54 Å². The van der Waals surface area contributed by atoms with Crippen molar-refractivity contribution >= 4 is 29.9 Å². The lowest BCUT2D eigenvalue weighted by Gasteiger charge is -2.12. The van der Waals surface area contributed by atoms with Crippen LogP contribution in [0, 0.1) is 5.82 Å². The Kier molecular flexibility index (Phi) is 4.12. The Balaban J connectivity index is 0.00000128. The molecule has 0 amide bonds. The van der Waals surface area contributed by atoms with Crippen LogP contribution in [0.3, 0.4) is 0 Å². The van der Waals surface area contributed by atoms with Crippen LogP contribution in [0.4, 0.5) is 4.39 Å². The molecule has 0 heterocycles. The number of hydrogen-bond acceptors (Lipinski definition) is 1. The van der Waals surface area contributed by atoms with Gasteiger partial charge in [-0.1, -0.05) is 12.1 Å². The van der Waals surface area contributed by atoms with Crippen LogP contribution in [0.25, 0.3) is 0 Å². The molecular formula is C11H15FIN3. The predicted molar refractivity (Wildman–Crippen MR) is 73.4 cm³/mol. The van der Waals surface area contributed by atoms with Crippen molar-refractivity contribution in [2.75, 3.05) is 6.54 Å². The molecular weight excluding hydrogens is 320 g/mol. The molecule has 1 saturated carbocycles. The average Bonchev–Trinajstić information content (AvgIpc) is 2.97. The van der Waals surface area contributed by atoms with Gasteiger partial charge in [-0.05, 0) is 30.5 Å². The van der Waals surface area contributed by atoms with Crippen LogP contribution in [0.1, 0.15) is 18.4 Å². The molecule has 0 aromatic heterocycles. The van der Waals surface area contributed by atoms with E-state index in [2.05, 4.69) is 4.99 Å². The van der Waals surface area contributed by atoms with E-state index in [1.54, 1.807) is 0 Å². The summed E-state index contributed by atoms with van der Waals surface area (Å²) < 4.78 is 12.7. The van der Waals surface area contributed by atoms with Crippen molar-refractivity contribution < 1.29 is 4.39 Å². The van der Waals surface area contributed by atoms with Crippen LogP contribution in [-0.2, 0) is 5.41 Å². The van der Waals surface area contributed by atoms with E-state index >= 15 is 0 Å². The second-order valence-corrected chi connectivity index (χ2v) is 4.03. The van der Waals surface area contributed by atoms with E-state index in [-0.39, 0.29) is 41.2 Å². The van der Waals surface area contributed by atoms with Gasteiger partial charge >= 0.3 is 0 Å². The molecule has 2 rings (SSSR count). The lowest BCUT2D eigenvalue weighted by molar-refractivity contribution is 0.623. The van der Waals surface area contributed by atoms with Crippen molar-refractivity contribution in [3.8, 4) is 0 Å². The Hall–Kier alpha value is -0.850. The molecule has 4 N–H and O–H groups in total. The highest BCUT2D eigenvalue weighted by atomic mass is 127. The van der Waals surface area contributed by atoms with Gasteiger partial charge in [0.2, 0.25) is 0 Å². The van der Waals surface area contributed by atoms with E-state index in [1.807, 2.05) is 12.1 Å². The number of hydrogen-bond donors (Lipinski definition) is 2. The van der Waals surface area contributed by atoms with Crippen molar-refractivity contribution in [1.29, 1.82) is 0 Å². The number of halogens is 2. The number of aliphatic imine (C=N–C) groups is 1. The molecule has 5 heteroatoms. The van der Waals surface area contributed by atoms with Crippen LogP contribution < -0.4 is 11.5 Å². The number of guanidine groups is 1. The normalized spacial score (nSPS) is 16.1. The third kappa shape index (κ3) is 2.84. The summed E-state index contributed by atoms with van der Waals surface area (Å²) in [5.41, 5.74) is 11.8. The van der Waals surface area contributed by atoms with Crippen LogP contribution >= 0.6 is 24.0 Å². The summed E-state index contributed by atoms with van der Waals surface area (Å²) in [6, 6.07) is 6.57.